The minimum Gasteiger partial charge on any atom is -0.373 e. The van der Waals surface area contributed by atoms with Gasteiger partial charge in [0.25, 0.3) is 0 Å². The van der Waals surface area contributed by atoms with Gasteiger partial charge in [-0.2, -0.15) is 0 Å². The second kappa shape index (κ2) is 6.51. The van der Waals surface area contributed by atoms with Gasteiger partial charge >= 0.3 is 0 Å². The number of hydrogen-bond acceptors (Lipinski definition) is 3. The molecule has 1 aromatic carbocycles. The van der Waals surface area contributed by atoms with Crippen LogP contribution in [0.2, 0.25) is 0 Å². The molecular weight excluding hydrogens is 236 g/mol. The quantitative estimate of drug-likeness (QED) is 0.882. The second-order valence-electron chi connectivity index (χ2n) is 6.13. The van der Waals surface area contributed by atoms with Crippen LogP contribution < -0.4 is 5.73 Å². The van der Waals surface area contributed by atoms with Crippen molar-refractivity contribution >= 4 is 0 Å². The predicted molar refractivity (Wildman–Crippen MR) is 79.2 cm³/mol. The predicted octanol–water partition coefficient (Wildman–Crippen LogP) is 2.06. The lowest BCUT2D eigenvalue weighted by atomic mass is 10.0. The summed E-state index contributed by atoms with van der Waals surface area (Å²) < 4.78 is 5.72. The number of nitrogens with zero attached hydrogens (tertiary/aromatic N) is 1. The fourth-order valence-corrected chi connectivity index (χ4v) is 2.69. The summed E-state index contributed by atoms with van der Waals surface area (Å²) in [6.07, 6.45) is 2.11. The molecule has 1 fully saturated rings. The van der Waals surface area contributed by atoms with Crippen molar-refractivity contribution in [3.05, 3.63) is 35.9 Å². The molecule has 106 valence electrons. The summed E-state index contributed by atoms with van der Waals surface area (Å²) in [5, 5.41) is 0. The van der Waals surface area contributed by atoms with Gasteiger partial charge in [-0.25, -0.2) is 0 Å². The Labute approximate surface area is 116 Å². The van der Waals surface area contributed by atoms with E-state index in [0.29, 0.717) is 0 Å². The van der Waals surface area contributed by atoms with Crippen LogP contribution in [0.15, 0.2) is 30.3 Å². The van der Waals surface area contributed by atoms with Gasteiger partial charge in [-0.1, -0.05) is 30.3 Å². The Morgan fingerprint density at radius 3 is 2.74 bits per heavy atom. The molecule has 1 aromatic rings. The lowest BCUT2D eigenvalue weighted by Crippen LogP contribution is -2.51. The Hall–Kier alpha value is -0.900. The first-order valence-corrected chi connectivity index (χ1v) is 7.21. The molecule has 19 heavy (non-hydrogen) atoms. The molecule has 1 atom stereocenters. The van der Waals surface area contributed by atoms with Crippen LogP contribution in [0.4, 0.5) is 0 Å². The zero-order valence-electron chi connectivity index (χ0n) is 12.1. The largest absolute Gasteiger partial charge is 0.373 e. The number of aryl methyl sites for hydroxylation is 1. The standard InChI is InChI=1S/C16H26N2O/c1-16(2)13-18(10-11-19-16)12-15(17)9-8-14-6-4-3-5-7-14/h3-7,15H,8-13,17H2,1-2H3. The van der Waals surface area contributed by atoms with E-state index in [9.17, 15) is 0 Å². The first-order valence-electron chi connectivity index (χ1n) is 7.21. The van der Waals surface area contributed by atoms with E-state index in [2.05, 4.69) is 49.1 Å². The lowest BCUT2D eigenvalue weighted by Gasteiger charge is -2.39. The number of nitrogens with two attached hydrogens (primary N) is 1. The summed E-state index contributed by atoms with van der Waals surface area (Å²) in [5.41, 5.74) is 7.60. The summed E-state index contributed by atoms with van der Waals surface area (Å²) in [6.45, 7) is 8.07. The molecule has 1 unspecified atom stereocenters. The maximum Gasteiger partial charge on any atom is 0.0753 e. The topological polar surface area (TPSA) is 38.5 Å². The van der Waals surface area contributed by atoms with E-state index in [-0.39, 0.29) is 11.6 Å². The third-order valence-corrected chi connectivity index (χ3v) is 3.64. The molecule has 2 N–H and O–H groups in total. The zero-order valence-corrected chi connectivity index (χ0v) is 12.1. The Balaban J connectivity index is 1.73. The average Bonchev–Trinajstić information content (AvgIpc) is 2.36. The molecule has 3 nitrogen and oxygen atoms in total. The summed E-state index contributed by atoms with van der Waals surface area (Å²) >= 11 is 0. The molecular formula is C16H26N2O. The number of morpholine rings is 1. The monoisotopic (exact) mass is 262 g/mol. The second-order valence-corrected chi connectivity index (χ2v) is 6.13. The molecule has 1 heterocycles. The van der Waals surface area contributed by atoms with Crippen LogP contribution >= 0.6 is 0 Å². The Morgan fingerprint density at radius 1 is 1.32 bits per heavy atom. The van der Waals surface area contributed by atoms with Crippen molar-refractivity contribution in [3.8, 4) is 0 Å². The molecule has 0 spiro atoms. The summed E-state index contributed by atoms with van der Waals surface area (Å²) in [5.74, 6) is 0. The van der Waals surface area contributed by atoms with Gasteiger partial charge in [0.1, 0.15) is 0 Å². The highest BCUT2D eigenvalue weighted by Crippen LogP contribution is 2.16. The minimum atomic E-state index is -0.0304. The first kappa shape index (κ1) is 14.5. The molecule has 0 amide bonds. The van der Waals surface area contributed by atoms with E-state index in [1.807, 2.05) is 0 Å². The van der Waals surface area contributed by atoms with E-state index in [0.717, 1.165) is 39.1 Å². The van der Waals surface area contributed by atoms with Crippen LogP contribution in [-0.2, 0) is 11.2 Å². The van der Waals surface area contributed by atoms with Crippen molar-refractivity contribution in [3.63, 3.8) is 0 Å². The summed E-state index contributed by atoms with van der Waals surface area (Å²) in [4.78, 5) is 2.43. The molecule has 0 aromatic heterocycles. The average molecular weight is 262 g/mol. The maximum atomic E-state index is 6.26. The highest BCUT2D eigenvalue weighted by Gasteiger charge is 2.27. The minimum absolute atomic E-state index is 0.0304. The number of hydrogen-bond donors (Lipinski definition) is 1. The Bertz CT molecular complexity index is 378. The zero-order chi connectivity index (χ0) is 13.7. The summed E-state index contributed by atoms with van der Waals surface area (Å²) in [7, 11) is 0. The van der Waals surface area contributed by atoms with Crippen molar-refractivity contribution in [1.29, 1.82) is 0 Å². The Morgan fingerprint density at radius 2 is 2.05 bits per heavy atom. The van der Waals surface area contributed by atoms with Gasteiger partial charge in [-0.05, 0) is 32.3 Å². The SMILES string of the molecule is CC1(C)CN(CC(N)CCc2ccccc2)CCO1. The number of benzene rings is 1. The van der Waals surface area contributed by atoms with E-state index in [4.69, 9.17) is 10.5 Å². The molecule has 2 rings (SSSR count). The van der Waals surface area contributed by atoms with Crippen LogP contribution in [0.25, 0.3) is 0 Å². The maximum absolute atomic E-state index is 6.26. The van der Waals surface area contributed by atoms with Crippen molar-refractivity contribution in [2.45, 2.75) is 38.3 Å². The van der Waals surface area contributed by atoms with Crippen LogP contribution in [0.5, 0.6) is 0 Å². The van der Waals surface area contributed by atoms with Gasteiger partial charge in [0.05, 0.1) is 12.2 Å². The molecule has 0 radical (unpaired) electrons. The Kier molecular flexibility index (Phi) is 4.97. The van der Waals surface area contributed by atoms with Crippen LogP contribution in [0, 0.1) is 0 Å². The van der Waals surface area contributed by atoms with E-state index < -0.39 is 0 Å². The third kappa shape index (κ3) is 4.94. The highest BCUT2D eigenvalue weighted by molar-refractivity contribution is 5.14. The van der Waals surface area contributed by atoms with Crippen molar-refractivity contribution < 1.29 is 4.74 Å². The molecule has 1 aliphatic heterocycles. The normalized spacial score (nSPS) is 21.2. The number of ether oxygens (including phenoxy) is 1. The van der Waals surface area contributed by atoms with Crippen molar-refractivity contribution in [2.24, 2.45) is 5.73 Å². The van der Waals surface area contributed by atoms with E-state index >= 15 is 0 Å². The van der Waals surface area contributed by atoms with Gasteiger partial charge in [-0.3, -0.25) is 4.90 Å². The lowest BCUT2D eigenvalue weighted by molar-refractivity contribution is -0.0869. The summed E-state index contributed by atoms with van der Waals surface area (Å²) in [6, 6.07) is 10.8. The van der Waals surface area contributed by atoms with E-state index in [1.54, 1.807) is 0 Å². The van der Waals surface area contributed by atoms with Gasteiger partial charge in [0.2, 0.25) is 0 Å². The van der Waals surface area contributed by atoms with Gasteiger partial charge in [0.15, 0.2) is 0 Å². The molecule has 0 aliphatic carbocycles. The highest BCUT2D eigenvalue weighted by atomic mass is 16.5. The smallest absolute Gasteiger partial charge is 0.0753 e. The van der Waals surface area contributed by atoms with Gasteiger partial charge in [0, 0.05) is 25.7 Å². The number of rotatable bonds is 5. The molecule has 1 aliphatic rings. The van der Waals surface area contributed by atoms with Gasteiger partial charge in [-0.15, -0.1) is 0 Å². The van der Waals surface area contributed by atoms with Crippen LogP contribution in [-0.4, -0.2) is 42.8 Å². The molecule has 0 saturated carbocycles. The molecule has 0 bridgehead atoms. The fraction of sp³-hybridized carbons (Fsp3) is 0.625. The molecule has 1 saturated heterocycles. The van der Waals surface area contributed by atoms with Crippen LogP contribution in [0.3, 0.4) is 0 Å². The molecule has 3 heteroatoms. The van der Waals surface area contributed by atoms with Crippen molar-refractivity contribution in [1.82, 2.24) is 4.90 Å². The van der Waals surface area contributed by atoms with Crippen molar-refractivity contribution in [2.75, 3.05) is 26.2 Å². The van der Waals surface area contributed by atoms with Crippen LogP contribution in [0.1, 0.15) is 25.8 Å². The first-order chi connectivity index (χ1) is 9.05. The third-order valence-electron chi connectivity index (χ3n) is 3.64. The van der Waals surface area contributed by atoms with Gasteiger partial charge < -0.3 is 10.5 Å². The fourth-order valence-electron chi connectivity index (χ4n) is 2.69. The van der Waals surface area contributed by atoms with E-state index in [1.165, 1.54) is 5.56 Å².